The van der Waals surface area contributed by atoms with Crippen LogP contribution in [0.15, 0.2) is 27.6 Å². The number of nitrogens with one attached hydrogen (secondary N) is 1. The molecule has 1 aromatic heterocycles. The average Bonchev–Trinajstić information content (AvgIpc) is 2.77. The van der Waals surface area contributed by atoms with Gasteiger partial charge in [-0.1, -0.05) is 23.4 Å². The quantitative estimate of drug-likeness (QED) is 0.645. The van der Waals surface area contributed by atoms with Crippen molar-refractivity contribution in [2.24, 2.45) is 5.73 Å². The Balaban J connectivity index is 2.38. The van der Waals surface area contributed by atoms with Gasteiger partial charge in [-0.2, -0.15) is 0 Å². The highest BCUT2D eigenvalue weighted by Gasteiger charge is 2.18. The van der Waals surface area contributed by atoms with Gasteiger partial charge in [0.1, 0.15) is 10.7 Å². The van der Waals surface area contributed by atoms with Gasteiger partial charge in [-0.05, 0) is 39.2 Å². The first-order valence-corrected chi connectivity index (χ1v) is 8.25. The predicted octanol–water partition coefficient (Wildman–Crippen LogP) is 3.82. The van der Waals surface area contributed by atoms with Gasteiger partial charge < -0.3 is 15.6 Å². The molecular formula is C15H19N3OS2. The Kier molecular flexibility index (Phi) is 4.90. The van der Waals surface area contributed by atoms with Crippen LogP contribution in [0.4, 0.5) is 5.69 Å². The van der Waals surface area contributed by atoms with Crippen molar-refractivity contribution in [3.63, 3.8) is 0 Å². The number of thiocarbonyl (C=S) groups is 1. The molecular weight excluding hydrogens is 302 g/mol. The number of aryl methyl sites for hydroxylation is 2. The molecule has 0 aliphatic heterocycles. The summed E-state index contributed by atoms with van der Waals surface area (Å²) in [5.41, 5.74) is 9.67. The number of aromatic nitrogens is 1. The van der Waals surface area contributed by atoms with Crippen molar-refractivity contribution in [2.75, 3.05) is 11.6 Å². The van der Waals surface area contributed by atoms with Crippen LogP contribution in [0.1, 0.15) is 35.5 Å². The lowest BCUT2D eigenvalue weighted by atomic mass is 10.1. The number of rotatable bonds is 5. The minimum atomic E-state index is 0.0569. The topological polar surface area (TPSA) is 64.1 Å². The lowest BCUT2D eigenvalue weighted by Crippen LogP contribution is -2.16. The van der Waals surface area contributed by atoms with E-state index in [2.05, 4.69) is 17.4 Å². The van der Waals surface area contributed by atoms with Crippen molar-refractivity contribution >= 4 is 34.7 Å². The molecule has 1 atom stereocenters. The molecule has 0 bridgehead atoms. The largest absolute Gasteiger partial charge is 0.389 e. The summed E-state index contributed by atoms with van der Waals surface area (Å²) in [6.45, 7) is 5.93. The molecule has 0 aliphatic rings. The highest BCUT2D eigenvalue weighted by Crippen LogP contribution is 2.31. The van der Waals surface area contributed by atoms with E-state index in [0.717, 1.165) is 33.2 Å². The first-order valence-electron chi connectivity index (χ1n) is 6.61. The van der Waals surface area contributed by atoms with Gasteiger partial charge in [-0.25, -0.2) is 0 Å². The third kappa shape index (κ3) is 3.22. The van der Waals surface area contributed by atoms with E-state index in [1.807, 2.05) is 38.3 Å². The molecule has 6 heteroatoms. The van der Waals surface area contributed by atoms with Crippen LogP contribution in [-0.4, -0.2) is 16.4 Å². The Labute approximate surface area is 134 Å². The first-order chi connectivity index (χ1) is 9.95. The molecule has 3 N–H and O–H groups in total. The molecule has 21 heavy (non-hydrogen) atoms. The zero-order chi connectivity index (χ0) is 15.6. The standard InChI is InChI=1S/C15H19N3OS2/c1-8(13-9(2)18-19-10(13)3)17-11-6-5-7-12(21-4)14(11)15(16)20/h5-8,17H,1-4H3,(H2,16,20). The Hall–Kier alpha value is -1.53. The Bertz CT molecular complexity index is 647. The average molecular weight is 321 g/mol. The molecule has 2 aromatic rings. The number of thioether (sulfide) groups is 1. The van der Waals surface area contributed by atoms with Gasteiger partial charge in [0.25, 0.3) is 0 Å². The second-order valence-electron chi connectivity index (χ2n) is 4.85. The van der Waals surface area contributed by atoms with Crippen molar-refractivity contribution in [1.82, 2.24) is 5.16 Å². The molecule has 1 heterocycles. The Morgan fingerprint density at radius 1 is 1.43 bits per heavy atom. The van der Waals surface area contributed by atoms with Crippen molar-refractivity contribution in [3.8, 4) is 0 Å². The van der Waals surface area contributed by atoms with Crippen LogP contribution in [0.2, 0.25) is 0 Å². The van der Waals surface area contributed by atoms with Crippen molar-refractivity contribution in [3.05, 3.63) is 40.8 Å². The monoisotopic (exact) mass is 321 g/mol. The van der Waals surface area contributed by atoms with E-state index in [4.69, 9.17) is 22.5 Å². The Morgan fingerprint density at radius 2 is 2.14 bits per heavy atom. The molecule has 0 aliphatic carbocycles. The number of anilines is 1. The highest BCUT2D eigenvalue weighted by molar-refractivity contribution is 7.98. The van der Waals surface area contributed by atoms with Crippen LogP contribution < -0.4 is 11.1 Å². The van der Waals surface area contributed by atoms with Crippen molar-refractivity contribution < 1.29 is 4.52 Å². The smallest absolute Gasteiger partial charge is 0.139 e. The summed E-state index contributed by atoms with van der Waals surface area (Å²) in [4.78, 5) is 1.46. The molecule has 1 unspecified atom stereocenters. The molecule has 0 radical (unpaired) electrons. The minimum Gasteiger partial charge on any atom is -0.389 e. The van der Waals surface area contributed by atoms with Gasteiger partial charge in [0, 0.05) is 21.7 Å². The normalized spacial score (nSPS) is 12.2. The summed E-state index contributed by atoms with van der Waals surface area (Å²) in [6, 6.07) is 6.06. The second-order valence-corrected chi connectivity index (χ2v) is 6.14. The van der Waals surface area contributed by atoms with Gasteiger partial charge in [0.15, 0.2) is 0 Å². The summed E-state index contributed by atoms with van der Waals surface area (Å²) in [6.07, 6.45) is 2.01. The van der Waals surface area contributed by atoms with Crippen LogP contribution >= 0.6 is 24.0 Å². The maximum Gasteiger partial charge on any atom is 0.139 e. The molecule has 2 rings (SSSR count). The third-order valence-corrected chi connectivity index (χ3v) is 4.37. The molecule has 0 fully saturated rings. The fourth-order valence-electron chi connectivity index (χ4n) is 2.49. The van der Waals surface area contributed by atoms with Gasteiger partial charge in [-0.15, -0.1) is 11.8 Å². The van der Waals surface area contributed by atoms with Crippen molar-refractivity contribution in [2.45, 2.75) is 31.7 Å². The maximum absolute atomic E-state index is 5.89. The molecule has 4 nitrogen and oxygen atoms in total. The van der Waals surface area contributed by atoms with Crippen LogP contribution in [0.5, 0.6) is 0 Å². The third-order valence-electron chi connectivity index (χ3n) is 3.39. The zero-order valence-corrected chi connectivity index (χ0v) is 14.2. The van der Waals surface area contributed by atoms with Crippen molar-refractivity contribution in [1.29, 1.82) is 0 Å². The van der Waals surface area contributed by atoms with Gasteiger partial charge in [0.05, 0.1) is 11.7 Å². The van der Waals surface area contributed by atoms with Crippen LogP contribution in [0.3, 0.4) is 0 Å². The van der Waals surface area contributed by atoms with Gasteiger partial charge in [0.2, 0.25) is 0 Å². The Morgan fingerprint density at radius 3 is 2.67 bits per heavy atom. The number of nitrogens with two attached hydrogens (primary N) is 1. The number of nitrogens with zero attached hydrogens (tertiary/aromatic N) is 1. The lowest BCUT2D eigenvalue weighted by Gasteiger charge is -2.19. The number of benzene rings is 1. The van der Waals surface area contributed by atoms with Crippen LogP contribution in [-0.2, 0) is 0 Å². The van der Waals surface area contributed by atoms with Gasteiger partial charge in [-0.3, -0.25) is 0 Å². The molecule has 112 valence electrons. The second kappa shape index (κ2) is 6.49. The molecule has 0 amide bonds. The number of hydrogen-bond acceptors (Lipinski definition) is 5. The van der Waals surface area contributed by atoms with E-state index in [-0.39, 0.29) is 6.04 Å². The number of hydrogen-bond donors (Lipinski definition) is 2. The molecule has 0 saturated heterocycles. The van der Waals surface area contributed by atoms with E-state index < -0.39 is 0 Å². The van der Waals surface area contributed by atoms with E-state index in [1.165, 1.54) is 0 Å². The van der Waals surface area contributed by atoms with E-state index >= 15 is 0 Å². The summed E-state index contributed by atoms with van der Waals surface area (Å²) in [7, 11) is 0. The summed E-state index contributed by atoms with van der Waals surface area (Å²) in [5, 5.41) is 7.47. The maximum atomic E-state index is 5.89. The predicted molar refractivity (Wildman–Crippen MR) is 92.1 cm³/mol. The summed E-state index contributed by atoms with van der Waals surface area (Å²) >= 11 is 6.83. The molecule has 0 spiro atoms. The zero-order valence-electron chi connectivity index (χ0n) is 12.6. The fraction of sp³-hybridized carbons (Fsp3) is 0.333. The van der Waals surface area contributed by atoms with E-state index in [9.17, 15) is 0 Å². The van der Waals surface area contributed by atoms with E-state index in [0.29, 0.717) is 4.99 Å². The van der Waals surface area contributed by atoms with E-state index in [1.54, 1.807) is 11.8 Å². The molecule has 1 aromatic carbocycles. The SMILES string of the molecule is CSc1cccc(NC(C)c2c(C)noc2C)c1C(N)=S. The lowest BCUT2D eigenvalue weighted by molar-refractivity contribution is 0.392. The summed E-state index contributed by atoms with van der Waals surface area (Å²) < 4.78 is 5.23. The van der Waals surface area contributed by atoms with Crippen LogP contribution in [0, 0.1) is 13.8 Å². The van der Waals surface area contributed by atoms with Gasteiger partial charge >= 0.3 is 0 Å². The van der Waals surface area contributed by atoms with Crippen LogP contribution in [0.25, 0.3) is 0 Å². The highest BCUT2D eigenvalue weighted by atomic mass is 32.2. The first kappa shape index (κ1) is 15.9. The fourth-order valence-corrected chi connectivity index (χ4v) is 3.41. The summed E-state index contributed by atoms with van der Waals surface area (Å²) in [5.74, 6) is 0.824. The molecule has 0 saturated carbocycles. The minimum absolute atomic E-state index is 0.0569.